The fourth-order valence-electron chi connectivity index (χ4n) is 1.49. The van der Waals surface area contributed by atoms with E-state index in [-0.39, 0.29) is 18.9 Å². The number of nitrogens with zero attached hydrogens (tertiary/aromatic N) is 1. The van der Waals surface area contributed by atoms with Crippen LogP contribution in [-0.4, -0.2) is 55.9 Å². The molecule has 1 aliphatic rings. The summed E-state index contributed by atoms with van der Waals surface area (Å²) in [5, 5.41) is 3.09. The fourth-order valence-corrected chi connectivity index (χ4v) is 1.49. The molecule has 1 atom stereocenters. The molecule has 7 heteroatoms. The van der Waals surface area contributed by atoms with Gasteiger partial charge in [-0.1, -0.05) is 0 Å². The maximum Gasteiger partial charge on any atom is 0.414 e. The van der Waals surface area contributed by atoms with E-state index in [0.29, 0.717) is 13.1 Å². The first-order chi connectivity index (χ1) is 7.91. The zero-order valence-electron chi connectivity index (χ0n) is 9.72. The Bertz CT molecular complexity index is 252. The van der Waals surface area contributed by atoms with Crippen LogP contribution in [0.2, 0.25) is 0 Å². The quantitative estimate of drug-likeness (QED) is 0.806. The summed E-state index contributed by atoms with van der Waals surface area (Å²) < 4.78 is 40.9. The molecule has 0 spiro atoms. The van der Waals surface area contributed by atoms with Gasteiger partial charge in [0.2, 0.25) is 5.91 Å². The van der Waals surface area contributed by atoms with Crippen molar-refractivity contribution in [3.05, 3.63) is 0 Å². The van der Waals surface area contributed by atoms with Crippen LogP contribution < -0.4 is 5.32 Å². The molecular formula is C10H17F3N2O2. The van der Waals surface area contributed by atoms with E-state index in [0.717, 1.165) is 20.0 Å². The Labute approximate surface area is 98.1 Å². The van der Waals surface area contributed by atoms with Gasteiger partial charge in [0.1, 0.15) is 0 Å². The van der Waals surface area contributed by atoms with Gasteiger partial charge in [-0.2, -0.15) is 13.2 Å². The van der Waals surface area contributed by atoms with Crippen LogP contribution in [-0.2, 0) is 9.53 Å². The Morgan fingerprint density at radius 3 is 2.53 bits per heavy atom. The second kappa shape index (κ2) is 6.20. The fraction of sp³-hybridized carbons (Fsp3) is 0.900. The highest BCUT2D eigenvalue weighted by Gasteiger charge is 2.36. The van der Waals surface area contributed by atoms with Gasteiger partial charge in [0.25, 0.3) is 0 Å². The van der Waals surface area contributed by atoms with Crippen molar-refractivity contribution in [1.29, 1.82) is 0 Å². The van der Waals surface area contributed by atoms with Gasteiger partial charge < -0.3 is 15.0 Å². The van der Waals surface area contributed by atoms with Gasteiger partial charge in [-0.25, -0.2) is 0 Å². The summed E-state index contributed by atoms with van der Waals surface area (Å²) >= 11 is 0. The van der Waals surface area contributed by atoms with E-state index in [9.17, 15) is 18.0 Å². The molecule has 0 radical (unpaired) electrons. The molecule has 1 unspecified atom stereocenters. The second-order valence-electron chi connectivity index (χ2n) is 3.94. The summed E-state index contributed by atoms with van der Waals surface area (Å²) in [5.74, 6) is -0.152. The lowest BCUT2D eigenvalue weighted by molar-refractivity contribution is -0.214. The molecule has 4 nitrogen and oxygen atoms in total. The van der Waals surface area contributed by atoms with Gasteiger partial charge in [0.05, 0.1) is 13.0 Å². The zero-order chi connectivity index (χ0) is 12.9. The topological polar surface area (TPSA) is 41.6 Å². The molecule has 17 heavy (non-hydrogen) atoms. The number of hydrogen-bond acceptors (Lipinski definition) is 3. The lowest BCUT2D eigenvalue weighted by Crippen LogP contribution is -2.46. The molecule has 0 aliphatic carbocycles. The van der Waals surface area contributed by atoms with Crippen LogP contribution in [0.25, 0.3) is 0 Å². The molecule has 0 bridgehead atoms. The third-order valence-corrected chi connectivity index (χ3v) is 2.61. The maximum absolute atomic E-state index is 12.1. The Morgan fingerprint density at radius 1 is 1.41 bits per heavy atom. The van der Waals surface area contributed by atoms with Crippen molar-refractivity contribution in [3.63, 3.8) is 0 Å². The number of nitrogens with one attached hydrogen (secondary N) is 1. The average molecular weight is 254 g/mol. The Kier molecular flexibility index (Phi) is 5.20. The molecule has 0 aromatic heterocycles. The van der Waals surface area contributed by atoms with Gasteiger partial charge in [-0.15, -0.1) is 0 Å². The zero-order valence-corrected chi connectivity index (χ0v) is 9.72. The number of halogens is 3. The largest absolute Gasteiger partial charge is 0.414 e. The summed E-state index contributed by atoms with van der Waals surface area (Å²) in [6.45, 7) is 3.41. The predicted molar refractivity (Wildman–Crippen MR) is 55.5 cm³/mol. The second-order valence-corrected chi connectivity index (χ2v) is 3.94. The first-order valence-electron chi connectivity index (χ1n) is 5.58. The van der Waals surface area contributed by atoms with Crippen LogP contribution in [0.5, 0.6) is 0 Å². The van der Waals surface area contributed by atoms with Crippen LogP contribution in [0.4, 0.5) is 13.2 Å². The van der Waals surface area contributed by atoms with Crippen molar-refractivity contribution < 1.29 is 22.7 Å². The number of ether oxygens (including phenoxy) is 1. The summed E-state index contributed by atoms with van der Waals surface area (Å²) in [7, 11) is 0. The highest BCUT2D eigenvalue weighted by molar-refractivity contribution is 5.76. The molecule has 0 aromatic rings. The normalized spacial score (nSPS) is 19.2. The number of amides is 1. The van der Waals surface area contributed by atoms with Crippen molar-refractivity contribution in [2.75, 3.05) is 32.8 Å². The monoisotopic (exact) mass is 254 g/mol. The van der Waals surface area contributed by atoms with Crippen LogP contribution in [0, 0.1) is 0 Å². The third kappa shape index (κ3) is 4.91. The standard InChI is InChI=1S/C10H17F3N2O2/c1-8(10(11,12)13)17-7-2-9(16)15-5-3-14-4-6-15/h8,14H,2-7H2,1H3. The highest BCUT2D eigenvalue weighted by atomic mass is 19.4. The Balaban J connectivity index is 2.19. The van der Waals surface area contributed by atoms with Crippen LogP contribution in [0.15, 0.2) is 0 Å². The molecule has 1 amide bonds. The molecular weight excluding hydrogens is 237 g/mol. The third-order valence-electron chi connectivity index (χ3n) is 2.61. The summed E-state index contributed by atoms with van der Waals surface area (Å²) in [5.41, 5.74) is 0. The number of alkyl halides is 3. The molecule has 0 aromatic carbocycles. The number of piperazine rings is 1. The van der Waals surface area contributed by atoms with E-state index < -0.39 is 12.3 Å². The van der Waals surface area contributed by atoms with Crippen LogP contribution in [0.3, 0.4) is 0 Å². The van der Waals surface area contributed by atoms with Crippen molar-refractivity contribution >= 4 is 5.91 Å². The first kappa shape index (κ1) is 14.2. The minimum absolute atomic E-state index is 0.000417. The number of rotatable bonds is 4. The average Bonchev–Trinajstić information content (AvgIpc) is 2.28. The molecule has 1 rings (SSSR count). The highest BCUT2D eigenvalue weighted by Crippen LogP contribution is 2.22. The van der Waals surface area contributed by atoms with E-state index in [1.165, 1.54) is 0 Å². The summed E-state index contributed by atoms with van der Waals surface area (Å²) in [4.78, 5) is 13.2. The number of carbonyl (C=O) groups is 1. The Morgan fingerprint density at radius 2 is 2.00 bits per heavy atom. The molecule has 1 aliphatic heterocycles. The summed E-state index contributed by atoms with van der Waals surface area (Å²) in [6, 6.07) is 0. The van der Waals surface area contributed by atoms with Crippen LogP contribution >= 0.6 is 0 Å². The van der Waals surface area contributed by atoms with Gasteiger partial charge in [-0.3, -0.25) is 4.79 Å². The maximum atomic E-state index is 12.1. The predicted octanol–water partition coefficient (Wildman–Crippen LogP) is 0.776. The lowest BCUT2D eigenvalue weighted by atomic mass is 10.3. The summed E-state index contributed by atoms with van der Waals surface area (Å²) in [6.07, 6.45) is -6.18. The smallest absolute Gasteiger partial charge is 0.369 e. The van der Waals surface area contributed by atoms with E-state index in [4.69, 9.17) is 0 Å². The van der Waals surface area contributed by atoms with Crippen molar-refractivity contribution in [2.24, 2.45) is 0 Å². The molecule has 100 valence electrons. The number of hydrogen-bond donors (Lipinski definition) is 1. The minimum atomic E-state index is -4.36. The van der Waals surface area contributed by atoms with Gasteiger partial charge in [0, 0.05) is 26.2 Å². The molecule has 1 fully saturated rings. The van der Waals surface area contributed by atoms with E-state index >= 15 is 0 Å². The van der Waals surface area contributed by atoms with E-state index in [1.807, 2.05) is 0 Å². The van der Waals surface area contributed by atoms with Crippen molar-refractivity contribution in [2.45, 2.75) is 25.6 Å². The molecule has 0 saturated carbocycles. The first-order valence-corrected chi connectivity index (χ1v) is 5.58. The van der Waals surface area contributed by atoms with E-state index in [1.54, 1.807) is 4.90 Å². The van der Waals surface area contributed by atoms with Gasteiger partial charge in [0.15, 0.2) is 6.10 Å². The van der Waals surface area contributed by atoms with Gasteiger partial charge >= 0.3 is 6.18 Å². The van der Waals surface area contributed by atoms with Crippen molar-refractivity contribution in [1.82, 2.24) is 10.2 Å². The number of carbonyl (C=O) groups excluding carboxylic acids is 1. The van der Waals surface area contributed by atoms with Crippen molar-refractivity contribution in [3.8, 4) is 0 Å². The Hall–Kier alpha value is -0.820. The molecule has 1 heterocycles. The molecule has 1 N–H and O–H groups in total. The lowest BCUT2D eigenvalue weighted by Gasteiger charge is -2.27. The van der Waals surface area contributed by atoms with E-state index in [2.05, 4.69) is 10.1 Å². The van der Waals surface area contributed by atoms with Gasteiger partial charge in [-0.05, 0) is 6.92 Å². The van der Waals surface area contributed by atoms with Crippen LogP contribution in [0.1, 0.15) is 13.3 Å². The SMILES string of the molecule is CC(OCCC(=O)N1CCNCC1)C(F)(F)F. The minimum Gasteiger partial charge on any atom is -0.369 e. The molecule has 1 saturated heterocycles.